The third-order valence-corrected chi connectivity index (χ3v) is 7.34. The third-order valence-electron chi connectivity index (χ3n) is 5.48. The van der Waals surface area contributed by atoms with Gasteiger partial charge in [-0.3, -0.25) is 14.9 Å². The second-order valence-corrected chi connectivity index (χ2v) is 9.44. The average molecular weight is 468 g/mol. The van der Waals surface area contributed by atoms with E-state index >= 15 is 0 Å². The molecule has 33 heavy (non-hydrogen) atoms. The van der Waals surface area contributed by atoms with E-state index in [0.29, 0.717) is 24.4 Å². The Morgan fingerprint density at radius 1 is 1.03 bits per heavy atom. The summed E-state index contributed by atoms with van der Waals surface area (Å²) in [6.07, 6.45) is 0.557. The molecule has 1 aliphatic rings. The van der Waals surface area contributed by atoms with E-state index in [1.165, 1.54) is 47.8 Å². The van der Waals surface area contributed by atoms with Crippen LogP contribution in [0.15, 0.2) is 71.6 Å². The molecule has 9 nitrogen and oxygen atoms in total. The molecule has 1 amide bonds. The maximum Gasteiger partial charge on any atom is 0.269 e. The van der Waals surface area contributed by atoms with Crippen LogP contribution in [0.25, 0.3) is 0 Å². The predicted molar refractivity (Wildman–Crippen MR) is 122 cm³/mol. The molecule has 0 spiro atoms. The largest absolute Gasteiger partial charge is 0.497 e. The van der Waals surface area contributed by atoms with Gasteiger partial charge in [0, 0.05) is 36.5 Å². The van der Waals surface area contributed by atoms with Gasteiger partial charge in [0.2, 0.25) is 10.0 Å². The fraction of sp³-hybridized carbons (Fsp3) is 0.174. The Labute approximate surface area is 190 Å². The number of nitro groups is 1. The Morgan fingerprint density at radius 3 is 2.36 bits per heavy atom. The second-order valence-electron chi connectivity index (χ2n) is 7.51. The number of fused-ring (bicyclic) bond motifs is 1. The number of carbonyl (C=O) groups excluding carboxylic acids is 1. The molecule has 1 N–H and O–H groups in total. The molecular formula is C23H21N3O6S. The number of nitrogens with one attached hydrogen (secondary N) is 1. The Morgan fingerprint density at radius 2 is 1.73 bits per heavy atom. The SMILES string of the molecule is COc1ccc(S(=O)(=O)N2CCc3ccc(NC(=O)c4ccc([N+](=O)[O-])cc4)cc3C2)cc1. The maximum atomic E-state index is 13.1. The van der Waals surface area contributed by atoms with E-state index in [-0.39, 0.29) is 22.7 Å². The molecule has 0 unspecified atom stereocenters. The zero-order valence-electron chi connectivity index (χ0n) is 17.7. The Balaban J connectivity index is 1.51. The van der Waals surface area contributed by atoms with Crippen LogP contribution < -0.4 is 10.1 Å². The van der Waals surface area contributed by atoms with E-state index in [4.69, 9.17) is 4.74 Å². The number of nitrogens with zero attached hydrogens (tertiary/aromatic N) is 2. The van der Waals surface area contributed by atoms with Crippen LogP contribution in [-0.4, -0.2) is 37.2 Å². The van der Waals surface area contributed by atoms with Crippen LogP contribution in [0.2, 0.25) is 0 Å². The van der Waals surface area contributed by atoms with E-state index in [1.54, 1.807) is 24.3 Å². The van der Waals surface area contributed by atoms with Crippen molar-refractivity contribution in [2.75, 3.05) is 19.0 Å². The summed E-state index contributed by atoms with van der Waals surface area (Å²) in [5.74, 6) is 0.162. The Bertz CT molecular complexity index is 1310. The minimum absolute atomic E-state index is 0.0986. The van der Waals surface area contributed by atoms with Gasteiger partial charge in [-0.05, 0) is 66.1 Å². The van der Waals surface area contributed by atoms with Crippen molar-refractivity contribution in [3.8, 4) is 5.75 Å². The fourth-order valence-electron chi connectivity index (χ4n) is 3.65. The number of hydrogen-bond donors (Lipinski definition) is 1. The third kappa shape index (κ3) is 4.71. The summed E-state index contributed by atoms with van der Waals surface area (Å²) in [5, 5.41) is 13.5. The molecule has 0 fully saturated rings. The lowest BCUT2D eigenvalue weighted by Crippen LogP contribution is -2.36. The zero-order valence-corrected chi connectivity index (χ0v) is 18.5. The first kappa shape index (κ1) is 22.4. The number of ether oxygens (including phenoxy) is 1. The quantitative estimate of drug-likeness (QED) is 0.437. The molecule has 0 aromatic heterocycles. The first-order valence-corrected chi connectivity index (χ1v) is 11.5. The van der Waals surface area contributed by atoms with Gasteiger partial charge in [-0.2, -0.15) is 4.31 Å². The molecule has 170 valence electrons. The van der Waals surface area contributed by atoms with Crippen molar-refractivity contribution in [2.24, 2.45) is 0 Å². The molecule has 0 bridgehead atoms. The number of amides is 1. The highest BCUT2D eigenvalue weighted by Gasteiger charge is 2.28. The molecule has 1 aliphatic heterocycles. The normalized spacial score (nSPS) is 13.7. The predicted octanol–water partition coefficient (Wildman–Crippen LogP) is 3.60. The first-order valence-electron chi connectivity index (χ1n) is 10.1. The summed E-state index contributed by atoms with van der Waals surface area (Å²) in [7, 11) is -2.17. The number of anilines is 1. The van der Waals surface area contributed by atoms with Gasteiger partial charge < -0.3 is 10.1 Å². The van der Waals surface area contributed by atoms with Crippen molar-refractivity contribution in [3.05, 3.63) is 93.5 Å². The van der Waals surface area contributed by atoms with Gasteiger partial charge in [-0.1, -0.05) is 6.07 Å². The van der Waals surface area contributed by atoms with Crippen LogP contribution in [0, 0.1) is 10.1 Å². The summed E-state index contributed by atoms with van der Waals surface area (Å²) in [6, 6.07) is 16.9. The highest BCUT2D eigenvalue weighted by Crippen LogP contribution is 2.28. The van der Waals surface area contributed by atoms with Gasteiger partial charge in [0.05, 0.1) is 16.9 Å². The molecule has 1 heterocycles. The summed E-state index contributed by atoms with van der Waals surface area (Å²) < 4.78 is 32.7. The molecule has 3 aromatic rings. The minimum Gasteiger partial charge on any atom is -0.497 e. The minimum atomic E-state index is -3.68. The summed E-state index contributed by atoms with van der Waals surface area (Å²) >= 11 is 0. The average Bonchev–Trinajstić information content (AvgIpc) is 2.83. The lowest BCUT2D eigenvalue weighted by Gasteiger charge is -2.28. The van der Waals surface area contributed by atoms with E-state index in [0.717, 1.165) is 11.1 Å². The van der Waals surface area contributed by atoms with Crippen molar-refractivity contribution < 1.29 is 22.9 Å². The number of hydrogen-bond acceptors (Lipinski definition) is 6. The Kier molecular flexibility index (Phi) is 6.12. The summed E-state index contributed by atoms with van der Waals surface area (Å²) in [4.78, 5) is 23.0. The zero-order chi connectivity index (χ0) is 23.6. The van der Waals surface area contributed by atoms with E-state index in [9.17, 15) is 23.3 Å². The maximum absolute atomic E-state index is 13.1. The van der Waals surface area contributed by atoms with Crippen LogP contribution in [0.3, 0.4) is 0 Å². The number of nitro benzene ring substituents is 1. The molecule has 0 radical (unpaired) electrons. The topological polar surface area (TPSA) is 119 Å². The van der Waals surface area contributed by atoms with Crippen molar-refractivity contribution in [3.63, 3.8) is 0 Å². The number of carbonyl (C=O) groups is 1. The van der Waals surface area contributed by atoms with Crippen molar-refractivity contribution >= 4 is 27.3 Å². The first-order chi connectivity index (χ1) is 15.8. The second kappa shape index (κ2) is 9.00. The molecule has 0 atom stereocenters. The lowest BCUT2D eigenvalue weighted by molar-refractivity contribution is -0.384. The molecule has 10 heteroatoms. The summed E-state index contributed by atoms with van der Waals surface area (Å²) in [6.45, 7) is 0.542. The Hall–Kier alpha value is -3.76. The van der Waals surface area contributed by atoms with Crippen molar-refractivity contribution in [2.45, 2.75) is 17.9 Å². The monoisotopic (exact) mass is 467 g/mol. The molecule has 0 saturated heterocycles. The molecule has 4 rings (SSSR count). The van der Waals surface area contributed by atoms with Gasteiger partial charge in [0.25, 0.3) is 11.6 Å². The van der Waals surface area contributed by atoms with Crippen LogP contribution in [-0.2, 0) is 23.0 Å². The van der Waals surface area contributed by atoms with Crippen LogP contribution in [0.4, 0.5) is 11.4 Å². The number of rotatable bonds is 6. The summed E-state index contributed by atoms with van der Waals surface area (Å²) in [5.41, 5.74) is 2.52. The van der Waals surface area contributed by atoms with Gasteiger partial charge in [0.15, 0.2) is 0 Å². The molecular weight excluding hydrogens is 446 g/mol. The number of benzene rings is 3. The van der Waals surface area contributed by atoms with Crippen LogP contribution in [0.5, 0.6) is 5.75 Å². The van der Waals surface area contributed by atoms with Gasteiger partial charge in [-0.25, -0.2) is 8.42 Å². The highest BCUT2D eigenvalue weighted by molar-refractivity contribution is 7.89. The van der Waals surface area contributed by atoms with E-state index in [1.807, 2.05) is 6.07 Å². The number of sulfonamides is 1. The van der Waals surface area contributed by atoms with E-state index < -0.39 is 20.9 Å². The van der Waals surface area contributed by atoms with Crippen LogP contribution in [0.1, 0.15) is 21.5 Å². The van der Waals surface area contributed by atoms with E-state index in [2.05, 4.69) is 5.32 Å². The fourth-order valence-corrected chi connectivity index (χ4v) is 5.07. The molecule has 0 aliphatic carbocycles. The number of non-ortho nitro benzene ring substituents is 1. The van der Waals surface area contributed by atoms with Gasteiger partial charge in [-0.15, -0.1) is 0 Å². The molecule has 0 saturated carbocycles. The van der Waals surface area contributed by atoms with Crippen molar-refractivity contribution in [1.29, 1.82) is 0 Å². The lowest BCUT2D eigenvalue weighted by atomic mass is 10.0. The number of methoxy groups -OCH3 is 1. The molecule has 3 aromatic carbocycles. The highest BCUT2D eigenvalue weighted by atomic mass is 32.2. The van der Waals surface area contributed by atoms with Crippen LogP contribution >= 0.6 is 0 Å². The van der Waals surface area contributed by atoms with Gasteiger partial charge in [0.1, 0.15) is 5.75 Å². The standard InChI is InChI=1S/C23H21N3O6S/c1-32-21-8-10-22(11-9-21)33(30,31)25-13-12-16-2-5-19(14-18(16)15-25)24-23(27)17-3-6-20(7-4-17)26(28)29/h2-11,14H,12-13,15H2,1H3,(H,24,27). The van der Waals surface area contributed by atoms with Gasteiger partial charge >= 0.3 is 0 Å². The smallest absolute Gasteiger partial charge is 0.269 e. The van der Waals surface area contributed by atoms with Crippen molar-refractivity contribution in [1.82, 2.24) is 4.31 Å².